The molecule has 0 atom stereocenters. The number of halogens is 1. The Hall–Kier alpha value is -2.06. The largest absolute Gasteiger partial charge is 0.342 e. The highest BCUT2D eigenvalue weighted by Gasteiger charge is 2.10. The van der Waals surface area contributed by atoms with Crippen LogP contribution in [0, 0.1) is 6.92 Å². The fourth-order valence-electron chi connectivity index (χ4n) is 1.50. The van der Waals surface area contributed by atoms with Crippen molar-refractivity contribution in [2.75, 3.05) is 11.1 Å². The van der Waals surface area contributed by atoms with Gasteiger partial charge in [0.15, 0.2) is 5.03 Å². The van der Waals surface area contributed by atoms with Gasteiger partial charge in [0.05, 0.1) is 5.75 Å². The van der Waals surface area contributed by atoms with Crippen molar-refractivity contribution in [3.8, 4) is 0 Å². The van der Waals surface area contributed by atoms with Crippen LogP contribution >= 0.6 is 23.4 Å². The van der Waals surface area contributed by atoms with E-state index in [1.807, 2.05) is 4.98 Å². The Morgan fingerprint density at radius 3 is 2.90 bits per heavy atom. The van der Waals surface area contributed by atoms with E-state index in [4.69, 9.17) is 11.6 Å². The first kappa shape index (κ1) is 15.3. The SMILES string of the molecule is Cc1c(Cl)cccc1NC(=O)CSc1n[nH]c(=O)[nH]c1=O. The summed E-state index contributed by atoms with van der Waals surface area (Å²) in [5.74, 6) is -0.327. The Bertz CT molecular complexity index is 787. The molecule has 0 aliphatic carbocycles. The molecule has 0 radical (unpaired) electrons. The highest BCUT2D eigenvalue weighted by Crippen LogP contribution is 2.23. The average molecular weight is 327 g/mol. The third kappa shape index (κ3) is 3.96. The number of thioether (sulfide) groups is 1. The predicted molar refractivity (Wildman–Crippen MR) is 81.0 cm³/mol. The Morgan fingerprint density at radius 1 is 1.43 bits per heavy atom. The molecule has 9 heteroatoms. The van der Waals surface area contributed by atoms with Crippen LogP contribution in [0.5, 0.6) is 0 Å². The zero-order valence-electron chi connectivity index (χ0n) is 10.9. The van der Waals surface area contributed by atoms with E-state index >= 15 is 0 Å². The molecule has 0 fully saturated rings. The predicted octanol–water partition coefficient (Wildman–Crippen LogP) is 1.15. The van der Waals surface area contributed by atoms with Crippen molar-refractivity contribution in [1.29, 1.82) is 0 Å². The molecule has 110 valence electrons. The number of aromatic nitrogens is 3. The summed E-state index contributed by atoms with van der Waals surface area (Å²) in [5.41, 5.74) is 0.0489. The van der Waals surface area contributed by atoms with E-state index < -0.39 is 11.2 Å². The third-order valence-corrected chi connectivity index (χ3v) is 3.93. The summed E-state index contributed by atoms with van der Waals surface area (Å²) < 4.78 is 0. The lowest BCUT2D eigenvalue weighted by Crippen LogP contribution is -2.25. The van der Waals surface area contributed by atoms with Crippen LogP contribution in [0.3, 0.4) is 0 Å². The maximum atomic E-state index is 11.8. The Morgan fingerprint density at radius 2 is 2.19 bits per heavy atom. The van der Waals surface area contributed by atoms with Gasteiger partial charge in [-0.1, -0.05) is 29.4 Å². The lowest BCUT2D eigenvalue weighted by Gasteiger charge is -2.08. The summed E-state index contributed by atoms with van der Waals surface area (Å²) in [6, 6.07) is 5.19. The van der Waals surface area contributed by atoms with Crippen molar-refractivity contribution in [2.24, 2.45) is 0 Å². The highest BCUT2D eigenvalue weighted by atomic mass is 35.5. The Kier molecular flexibility index (Phi) is 4.81. The maximum absolute atomic E-state index is 11.8. The highest BCUT2D eigenvalue weighted by molar-refractivity contribution is 7.99. The summed E-state index contributed by atoms with van der Waals surface area (Å²) >= 11 is 6.88. The average Bonchev–Trinajstić information content (AvgIpc) is 2.43. The zero-order valence-corrected chi connectivity index (χ0v) is 12.5. The summed E-state index contributed by atoms with van der Waals surface area (Å²) in [5, 5.41) is 8.94. The number of nitrogens with zero attached hydrogens (tertiary/aromatic N) is 1. The molecule has 0 unspecified atom stereocenters. The Balaban J connectivity index is 2.01. The maximum Gasteiger partial charge on any atom is 0.342 e. The van der Waals surface area contributed by atoms with Crippen LogP contribution in [0.2, 0.25) is 5.02 Å². The number of hydrogen-bond donors (Lipinski definition) is 3. The van der Waals surface area contributed by atoms with Gasteiger partial charge in [0.2, 0.25) is 5.91 Å². The van der Waals surface area contributed by atoms with Gasteiger partial charge < -0.3 is 5.32 Å². The number of hydrogen-bond acceptors (Lipinski definition) is 5. The standard InChI is InChI=1S/C12H11ClN4O3S/c1-6-7(13)3-2-4-8(6)14-9(18)5-21-11-10(19)15-12(20)17-16-11/h2-4H,5H2,1H3,(H,14,18)(H2,15,17,19,20). The number of H-pyrrole nitrogens is 2. The van der Waals surface area contributed by atoms with Gasteiger partial charge in [-0.15, -0.1) is 0 Å². The van der Waals surface area contributed by atoms with Crippen LogP contribution in [-0.4, -0.2) is 26.8 Å². The molecule has 1 aromatic carbocycles. The molecule has 0 aliphatic heterocycles. The molecular weight excluding hydrogens is 316 g/mol. The van der Waals surface area contributed by atoms with Crippen LogP contribution in [0.25, 0.3) is 0 Å². The zero-order chi connectivity index (χ0) is 15.4. The number of nitrogens with one attached hydrogen (secondary N) is 3. The van der Waals surface area contributed by atoms with Gasteiger partial charge in [-0.25, -0.2) is 9.89 Å². The second-order valence-electron chi connectivity index (χ2n) is 4.06. The smallest absolute Gasteiger partial charge is 0.325 e. The Labute approximate surface area is 128 Å². The van der Waals surface area contributed by atoms with Crippen LogP contribution in [0.1, 0.15) is 5.56 Å². The first-order valence-electron chi connectivity index (χ1n) is 5.84. The quantitative estimate of drug-likeness (QED) is 0.730. The van der Waals surface area contributed by atoms with Crippen molar-refractivity contribution in [1.82, 2.24) is 15.2 Å². The van der Waals surface area contributed by atoms with Crippen molar-refractivity contribution in [2.45, 2.75) is 11.9 Å². The number of carbonyl (C=O) groups excluding carboxylic acids is 1. The third-order valence-electron chi connectivity index (χ3n) is 2.56. The minimum atomic E-state index is -0.691. The summed E-state index contributed by atoms with van der Waals surface area (Å²) in [7, 11) is 0. The number of benzene rings is 1. The fraction of sp³-hybridized carbons (Fsp3) is 0.167. The van der Waals surface area contributed by atoms with Crippen molar-refractivity contribution >= 4 is 35.0 Å². The number of rotatable bonds is 4. The van der Waals surface area contributed by atoms with Gasteiger partial charge in [-0.05, 0) is 24.6 Å². The van der Waals surface area contributed by atoms with E-state index in [1.54, 1.807) is 25.1 Å². The minimum absolute atomic E-state index is 0.0198. The molecule has 0 bridgehead atoms. The van der Waals surface area contributed by atoms with Crippen LogP contribution in [0.4, 0.5) is 5.69 Å². The van der Waals surface area contributed by atoms with E-state index in [1.165, 1.54) is 0 Å². The molecule has 2 rings (SSSR count). The summed E-state index contributed by atoms with van der Waals surface area (Å²) in [4.78, 5) is 36.1. The number of anilines is 1. The topological polar surface area (TPSA) is 108 Å². The molecule has 0 saturated heterocycles. The molecule has 0 aliphatic rings. The van der Waals surface area contributed by atoms with Gasteiger partial charge in [0.25, 0.3) is 5.56 Å². The molecular formula is C12H11ClN4O3S. The first-order valence-corrected chi connectivity index (χ1v) is 7.20. The molecule has 21 heavy (non-hydrogen) atoms. The summed E-state index contributed by atoms with van der Waals surface area (Å²) in [6.45, 7) is 1.79. The van der Waals surface area contributed by atoms with E-state index in [2.05, 4.69) is 15.5 Å². The molecule has 7 nitrogen and oxygen atoms in total. The normalized spacial score (nSPS) is 10.4. The van der Waals surface area contributed by atoms with Crippen molar-refractivity contribution in [3.05, 3.63) is 49.6 Å². The number of amides is 1. The van der Waals surface area contributed by atoms with Crippen LogP contribution in [-0.2, 0) is 4.79 Å². The van der Waals surface area contributed by atoms with E-state index in [9.17, 15) is 14.4 Å². The lowest BCUT2D eigenvalue weighted by atomic mass is 10.2. The van der Waals surface area contributed by atoms with Gasteiger partial charge in [-0.3, -0.25) is 14.6 Å². The second kappa shape index (κ2) is 6.59. The van der Waals surface area contributed by atoms with E-state index in [0.29, 0.717) is 10.7 Å². The minimum Gasteiger partial charge on any atom is -0.325 e. The molecule has 0 spiro atoms. The van der Waals surface area contributed by atoms with Gasteiger partial charge in [0.1, 0.15) is 0 Å². The van der Waals surface area contributed by atoms with Crippen molar-refractivity contribution < 1.29 is 4.79 Å². The molecule has 2 aromatic rings. The summed E-state index contributed by atoms with van der Waals surface area (Å²) in [6.07, 6.45) is 0. The lowest BCUT2D eigenvalue weighted by molar-refractivity contribution is -0.113. The molecule has 3 N–H and O–H groups in total. The van der Waals surface area contributed by atoms with E-state index in [-0.39, 0.29) is 16.7 Å². The molecule has 0 saturated carbocycles. The monoisotopic (exact) mass is 326 g/mol. The number of aromatic amines is 2. The van der Waals surface area contributed by atoms with Gasteiger partial charge in [0, 0.05) is 10.7 Å². The molecule has 1 amide bonds. The fourth-order valence-corrected chi connectivity index (χ4v) is 2.30. The second-order valence-corrected chi connectivity index (χ2v) is 5.43. The number of carbonyl (C=O) groups is 1. The van der Waals surface area contributed by atoms with Gasteiger partial charge >= 0.3 is 5.69 Å². The van der Waals surface area contributed by atoms with Crippen molar-refractivity contribution in [3.63, 3.8) is 0 Å². The molecule has 1 aromatic heterocycles. The van der Waals surface area contributed by atoms with E-state index in [0.717, 1.165) is 17.3 Å². The van der Waals surface area contributed by atoms with Gasteiger partial charge in [-0.2, -0.15) is 5.10 Å². The van der Waals surface area contributed by atoms with Crippen LogP contribution in [0.15, 0.2) is 32.8 Å². The van der Waals surface area contributed by atoms with Crippen LogP contribution < -0.4 is 16.6 Å². The molecule has 1 heterocycles. The first-order chi connectivity index (χ1) is 9.97.